The number of amides is 1. The van der Waals surface area contributed by atoms with Crippen molar-refractivity contribution in [1.29, 1.82) is 0 Å². The Labute approximate surface area is 136 Å². The van der Waals surface area contributed by atoms with Gasteiger partial charge in [-0.25, -0.2) is 0 Å². The van der Waals surface area contributed by atoms with Gasteiger partial charge in [-0.1, -0.05) is 48.5 Å². The van der Waals surface area contributed by atoms with E-state index in [4.69, 9.17) is 4.74 Å². The third-order valence-corrected chi connectivity index (χ3v) is 4.19. The van der Waals surface area contributed by atoms with Crippen LogP contribution in [0.25, 0.3) is 0 Å². The summed E-state index contributed by atoms with van der Waals surface area (Å²) in [5, 5.41) is 13.4. The van der Waals surface area contributed by atoms with Gasteiger partial charge in [-0.05, 0) is 30.9 Å². The van der Waals surface area contributed by atoms with E-state index in [1.165, 1.54) is 0 Å². The molecule has 0 bridgehead atoms. The molecule has 1 atom stereocenters. The molecule has 0 fully saturated rings. The SMILES string of the molecule is O=C1Nc2ccccc2C1(O)CCCCOCc1ccccc1. The zero-order chi connectivity index (χ0) is 16.1. The van der Waals surface area contributed by atoms with Gasteiger partial charge in [0, 0.05) is 17.9 Å². The van der Waals surface area contributed by atoms with Crippen molar-refractivity contribution in [2.24, 2.45) is 0 Å². The van der Waals surface area contributed by atoms with Crippen molar-refractivity contribution in [2.75, 3.05) is 11.9 Å². The van der Waals surface area contributed by atoms with E-state index in [0.717, 1.165) is 18.4 Å². The number of aliphatic hydroxyl groups is 1. The summed E-state index contributed by atoms with van der Waals surface area (Å²) in [4.78, 5) is 12.1. The number of hydrogen-bond acceptors (Lipinski definition) is 3. The molecule has 2 N–H and O–H groups in total. The van der Waals surface area contributed by atoms with Crippen molar-refractivity contribution in [2.45, 2.75) is 31.5 Å². The fourth-order valence-electron chi connectivity index (χ4n) is 2.90. The number of hydrogen-bond donors (Lipinski definition) is 2. The van der Waals surface area contributed by atoms with Crippen molar-refractivity contribution >= 4 is 11.6 Å². The molecule has 23 heavy (non-hydrogen) atoms. The van der Waals surface area contributed by atoms with E-state index in [0.29, 0.717) is 30.9 Å². The average Bonchev–Trinajstić information content (AvgIpc) is 2.83. The Balaban J connectivity index is 1.45. The van der Waals surface area contributed by atoms with Crippen LogP contribution in [0.5, 0.6) is 0 Å². The topological polar surface area (TPSA) is 58.6 Å². The van der Waals surface area contributed by atoms with Crippen molar-refractivity contribution in [3.63, 3.8) is 0 Å². The molecule has 1 unspecified atom stereocenters. The first-order valence-electron chi connectivity index (χ1n) is 7.95. The summed E-state index contributed by atoms with van der Waals surface area (Å²) >= 11 is 0. The Morgan fingerprint density at radius 2 is 1.74 bits per heavy atom. The maximum atomic E-state index is 12.1. The van der Waals surface area contributed by atoms with Gasteiger partial charge in [0.15, 0.2) is 5.60 Å². The predicted molar refractivity (Wildman–Crippen MR) is 88.9 cm³/mol. The number of fused-ring (bicyclic) bond motifs is 1. The Hall–Kier alpha value is -2.17. The quantitative estimate of drug-likeness (QED) is 0.772. The molecule has 0 saturated heterocycles. The van der Waals surface area contributed by atoms with Gasteiger partial charge in [-0.15, -0.1) is 0 Å². The fraction of sp³-hybridized carbons (Fsp3) is 0.316. The number of carbonyl (C=O) groups is 1. The Morgan fingerprint density at radius 1 is 1.00 bits per heavy atom. The number of para-hydroxylation sites is 1. The molecule has 2 aromatic carbocycles. The van der Waals surface area contributed by atoms with Gasteiger partial charge < -0.3 is 15.2 Å². The first kappa shape index (κ1) is 15.7. The highest BCUT2D eigenvalue weighted by Gasteiger charge is 2.44. The summed E-state index contributed by atoms with van der Waals surface area (Å²) in [5.74, 6) is -0.330. The minimum atomic E-state index is -1.41. The molecule has 4 nitrogen and oxygen atoms in total. The number of anilines is 1. The van der Waals surface area contributed by atoms with Crippen LogP contribution in [0.3, 0.4) is 0 Å². The highest BCUT2D eigenvalue weighted by molar-refractivity contribution is 6.04. The average molecular weight is 311 g/mol. The molecule has 1 amide bonds. The minimum absolute atomic E-state index is 0.330. The van der Waals surface area contributed by atoms with E-state index in [-0.39, 0.29) is 5.91 Å². The van der Waals surface area contributed by atoms with Crippen molar-refractivity contribution < 1.29 is 14.6 Å². The molecule has 0 spiro atoms. The maximum absolute atomic E-state index is 12.1. The molecular weight excluding hydrogens is 290 g/mol. The summed E-state index contributed by atoms with van der Waals surface area (Å²) in [6.45, 7) is 1.21. The van der Waals surface area contributed by atoms with Crippen molar-refractivity contribution in [1.82, 2.24) is 0 Å². The first-order valence-corrected chi connectivity index (χ1v) is 7.95. The lowest BCUT2D eigenvalue weighted by atomic mass is 9.90. The molecule has 4 heteroatoms. The molecule has 1 heterocycles. The van der Waals surface area contributed by atoms with Gasteiger partial charge in [-0.2, -0.15) is 0 Å². The summed E-state index contributed by atoms with van der Waals surface area (Å²) < 4.78 is 5.63. The second kappa shape index (κ2) is 6.94. The zero-order valence-corrected chi connectivity index (χ0v) is 13.0. The second-order valence-electron chi connectivity index (χ2n) is 5.86. The summed E-state index contributed by atoms with van der Waals surface area (Å²) in [6, 6.07) is 17.3. The first-order chi connectivity index (χ1) is 11.2. The monoisotopic (exact) mass is 311 g/mol. The maximum Gasteiger partial charge on any atom is 0.261 e. The van der Waals surface area contributed by atoms with Gasteiger partial charge in [0.05, 0.1) is 6.61 Å². The van der Waals surface area contributed by atoms with E-state index in [9.17, 15) is 9.90 Å². The van der Waals surface area contributed by atoms with E-state index in [2.05, 4.69) is 5.32 Å². The number of nitrogens with one attached hydrogen (secondary N) is 1. The molecule has 120 valence electrons. The highest BCUT2D eigenvalue weighted by atomic mass is 16.5. The summed E-state index contributed by atoms with van der Waals surface area (Å²) in [7, 11) is 0. The van der Waals surface area contributed by atoms with E-state index in [1.54, 1.807) is 6.07 Å². The lowest BCUT2D eigenvalue weighted by Gasteiger charge is -2.20. The van der Waals surface area contributed by atoms with Gasteiger partial charge in [0.1, 0.15) is 0 Å². The molecule has 1 aliphatic rings. The zero-order valence-electron chi connectivity index (χ0n) is 13.0. The Kier molecular flexibility index (Phi) is 4.74. The van der Waals surface area contributed by atoms with Gasteiger partial charge in [-0.3, -0.25) is 4.79 Å². The Bertz CT molecular complexity index is 671. The number of ether oxygens (including phenoxy) is 1. The number of unbranched alkanes of at least 4 members (excludes halogenated alkanes) is 1. The van der Waals surface area contributed by atoms with Crippen LogP contribution >= 0.6 is 0 Å². The standard InChI is InChI=1S/C19H21NO3/c21-18-19(22,16-10-4-5-11-17(16)20-18)12-6-7-13-23-14-15-8-2-1-3-9-15/h1-5,8-11,22H,6-7,12-14H2,(H,20,21). The van der Waals surface area contributed by atoms with Crippen LogP contribution in [0.15, 0.2) is 54.6 Å². The largest absolute Gasteiger partial charge is 0.377 e. The molecule has 2 aromatic rings. The molecular formula is C19H21NO3. The smallest absolute Gasteiger partial charge is 0.261 e. The van der Waals surface area contributed by atoms with Crippen LogP contribution in [0.1, 0.15) is 30.4 Å². The Morgan fingerprint density at radius 3 is 2.57 bits per heavy atom. The van der Waals surface area contributed by atoms with Crippen LogP contribution in [0.2, 0.25) is 0 Å². The molecule has 0 aliphatic carbocycles. The normalized spacial score (nSPS) is 19.4. The fourth-order valence-corrected chi connectivity index (χ4v) is 2.90. The van der Waals surface area contributed by atoms with Crippen LogP contribution < -0.4 is 5.32 Å². The molecule has 0 aromatic heterocycles. The second-order valence-corrected chi connectivity index (χ2v) is 5.86. The molecule has 1 aliphatic heterocycles. The predicted octanol–water partition coefficient (Wildman–Crippen LogP) is 3.21. The van der Waals surface area contributed by atoms with Crippen molar-refractivity contribution in [3.8, 4) is 0 Å². The highest BCUT2D eigenvalue weighted by Crippen LogP contribution is 2.38. The minimum Gasteiger partial charge on any atom is -0.377 e. The summed E-state index contributed by atoms with van der Waals surface area (Å²) in [5.41, 5.74) is 1.13. The van der Waals surface area contributed by atoms with Gasteiger partial charge in [0.2, 0.25) is 0 Å². The molecule has 0 radical (unpaired) electrons. The third kappa shape index (κ3) is 3.44. The van der Waals surface area contributed by atoms with Gasteiger partial charge >= 0.3 is 0 Å². The lowest BCUT2D eigenvalue weighted by molar-refractivity contribution is -0.134. The molecule has 0 saturated carbocycles. The van der Waals surface area contributed by atoms with E-state index in [1.807, 2.05) is 48.5 Å². The van der Waals surface area contributed by atoms with E-state index >= 15 is 0 Å². The van der Waals surface area contributed by atoms with Crippen LogP contribution in [0.4, 0.5) is 5.69 Å². The molecule has 3 rings (SSSR count). The number of carbonyl (C=O) groups excluding carboxylic acids is 1. The number of benzene rings is 2. The lowest BCUT2D eigenvalue weighted by Crippen LogP contribution is -2.34. The summed E-state index contributed by atoms with van der Waals surface area (Å²) in [6.07, 6.45) is 1.95. The third-order valence-electron chi connectivity index (χ3n) is 4.19. The van der Waals surface area contributed by atoms with E-state index < -0.39 is 5.60 Å². The van der Waals surface area contributed by atoms with Crippen LogP contribution in [0, 0.1) is 0 Å². The number of rotatable bonds is 7. The van der Waals surface area contributed by atoms with Crippen molar-refractivity contribution in [3.05, 3.63) is 65.7 Å². The van der Waals surface area contributed by atoms with Crippen LogP contribution in [-0.4, -0.2) is 17.6 Å². The van der Waals surface area contributed by atoms with Crippen LogP contribution in [-0.2, 0) is 21.7 Å². The van der Waals surface area contributed by atoms with Gasteiger partial charge in [0.25, 0.3) is 5.91 Å².